The first kappa shape index (κ1) is 15.6. The first-order valence-corrected chi connectivity index (χ1v) is 7.13. The molecule has 1 fully saturated rings. The number of piperidine rings is 1. The minimum atomic E-state index is -0.811. The third-order valence-electron chi connectivity index (χ3n) is 3.82. The maximum atomic E-state index is 12.5. The van der Waals surface area contributed by atoms with E-state index in [4.69, 9.17) is 16.3 Å². The van der Waals surface area contributed by atoms with Gasteiger partial charge in [0, 0.05) is 18.1 Å². The van der Waals surface area contributed by atoms with Gasteiger partial charge in [0.1, 0.15) is 11.3 Å². The topological polar surface area (TPSA) is 65.4 Å². The van der Waals surface area contributed by atoms with Gasteiger partial charge >= 0.3 is 0 Å². The van der Waals surface area contributed by atoms with Gasteiger partial charge in [0.15, 0.2) is 0 Å². The second-order valence-corrected chi connectivity index (χ2v) is 5.73. The molecule has 1 heterocycles. The monoisotopic (exact) mass is 307 g/mol. The molecular formula is C15H18ClN3O2. The Morgan fingerprint density at radius 3 is 2.71 bits per heavy atom. The Bertz CT molecular complexity index is 575. The van der Waals surface area contributed by atoms with Crippen LogP contribution in [0.3, 0.4) is 0 Å². The molecule has 0 saturated carbocycles. The van der Waals surface area contributed by atoms with E-state index in [-0.39, 0.29) is 5.91 Å². The smallest absolute Gasteiger partial charge is 0.256 e. The fourth-order valence-electron chi connectivity index (χ4n) is 2.40. The Labute approximate surface area is 129 Å². The van der Waals surface area contributed by atoms with E-state index in [2.05, 4.69) is 16.3 Å². The van der Waals surface area contributed by atoms with Crippen LogP contribution in [0.25, 0.3) is 0 Å². The van der Waals surface area contributed by atoms with E-state index in [1.165, 1.54) is 7.11 Å². The number of carbonyl (C=O) groups is 1. The predicted molar refractivity (Wildman–Crippen MR) is 80.5 cm³/mol. The van der Waals surface area contributed by atoms with Crippen molar-refractivity contribution in [2.24, 2.45) is 0 Å². The molecule has 0 radical (unpaired) electrons. The quantitative estimate of drug-likeness (QED) is 0.928. The van der Waals surface area contributed by atoms with Crippen LogP contribution in [-0.2, 0) is 0 Å². The lowest BCUT2D eigenvalue weighted by atomic mass is 9.89. The minimum Gasteiger partial charge on any atom is -0.496 e. The van der Waals surface area contributed by atoms with Crippen LogP contribution < -0.4 is 10.1 Å². The fourth-order valence-corrected chi connectivity index (χ4v) is 2.56. The van der Waals surface area contributed by atoms with Crippen molar-refractivity contribution in [3.63, 3.8) is 0 Å². The molecule has 0 bridgehead atoms. The molecule has 0 atom stereocenters. The Morgan fingerprint density at radius 1 is 1.48 bits per heavy atom. The van der Waals surface area contributed by atoms with E-state index >= 15 is 0 Å². The summed E-state index contributed by atoms with van der Waals surface area (Å²) in [4.78, 5) is 14.6. The highest BCUT2D eigenvalue weighted by Crippen LogP contribution is 2.26. The molecule has 2 rings (SSSR count). The molecule has 1 aliphatic rings. The lowest BCUT2D eigenvalue weighted by molar-refractivity contribution is 0.0879. The summed E-state index contributed by atoms with van der Waals surface area (Å²) in [6.45, 7) is 1.57. The molecule has 1 saturated heterocycles. The zero-order valence-electron chi connectivity index (χ0n) is 12.1. The van der Waals surface area contributed by atoms with Crippen molar-refractivity contribution in [1.82, 2.24) is 10.2 Å². The number of nitrogens with zero attached hydrogens (tertiary/aromatic N) is 2. The average Bonchev–Trinajstić information content (AvgIpc) is 2.49. The van der Waals surface area contributed by atoms with Crippen LogP contribution in [0.2, 0.25) is 5.02 Å². The van der Waals surface area contributed by atoms with E-state index in [1.54, 1.807) is 18.2 Å². The Balaban J connectivity index is 2.19. The van der Waals surface area contributed by atoms with E-state index in [0.29, 0.717) is 29.2 Å². The van der Waals surface area contributed by atoms with Crippen LogP contribution in [0.5, 0.6) is 5.75 Å². The lowest BCUT2D eigenvalue weighted by Gasteiger charge is -2.36. The van der Waals surface area contributed by atoms with Crippen LogP contribution in [0.15, 0.2) is 18.2 Å². The Kier molecular flexibility index (Phi) is 4.71. The second kappa shape index (κ2) is 6.33. The number of ether oxygens (including phenoxy) is 1. The van der Waals surface area contributed by atoms with E-state index in [9.17, 15) is 10.1 Å². The highest BCUT2D eigenvalue weighted by atomic mass is 35.5. The van der Waals surface area contributed by atoms with Gasteiger partial charge < -0.3 is 15.0 Å². The normalized spacial score (nSPS) is 17.8. The number of likely N-dealkylation sites (tertiary alicyclic amines) is 1. The van der Waals surface area contributed by atoms with Gasteiger partial charge in [-0.2, -0.15) is 5.26 Å². The molecule has 1 aromatic rings. The predicted octanol–water partition coefficient (Wildman–Crippen LogP) is 2.07. The molecule has 112 valence electrons. The van der Waals surface area contributed by atoms with Gasteiger partial charge in [0.25, 0.3) is 5.91 Å². The van der Waals surface area contributed by atoms with Gasteiger partial charge in [0.2, 0.25) is 0 Å². The van der Waals surface area contributed by atoms with Crippen molar-refractivity contribution >= 4 is 17.5 Å². The zero-order valence-corrected chi connectivity index (χ0v) is 12.9. The molecule has 1 amide bonds. The molecular weight excluding hydrogens is 290 g/mol. The highest BCUT2D eigenvalue weighted by Gasteiger charge is 2.36. The number of hydrogen-bond acceptors (Lipinski definition) is 4. The van der Waals surface area contributed by atoms with Crippen LogP contribution in [0.1, 0.15) is 23.2 Å². The molecule has 0 aliphatic carbocycles. The number of carbonyl (C=O) groups excluding carboxylic acids is 1. The number of hydrogen-bond donors (Lipinski definition) is 1. The molecule has 21 heavy (non-hydrogen) atoms. The minimum absolute atomic E-state index is 0.311. The van der Waals surface area contributed by atoms with E-state index < -0.39 is 5.54 Å². The highest BCUT2D eigenvalue weighted by molar-refractivity contribution is 6.30. The van der Waals surface area contributed by atoms with Crippen LogP contribution in [0.4, 0.5) is 0 Å². The van der Waals surface area contributed by atoms with E-state index in [0.717, 1.165) is 13.1 Å². The number of methoxy groups -OCH3 is 1. The third-order valence-corrected chi connectivity index (χ3v) is 4.05. The summed E-state index contributed by atoms with van der Waals surface area (Å²) < 4.78 is 5.18. The molecule has 5 nitrogen and oxygen atoms in total. The number of nitriles is 1. The molecule has 0 aromatic heterocycles. The van der Waals surface area contributed by atoms with Gasteiger partial charge in [0.05, 0.1) is 18.7 Å². The van der Waals surface area contributed by atoms with Crippen molar-refractivity contribution in [2.45, 2.75) is 18.4 Å². The van der Waals surface area contributed by atoms with Crippen molar-refractivity contribution < 1.29 is 9.53 Å². The molecule has 0 spiro atoms. The molecule has 1 aliphatic heterocycles. The SMILES string of the molecule is COc1cc(Cl)ccc1C(=O)NC1(C#N)CCN(C)CC1. The summed E-state index contributed by atoms with van der Waals surface area (Å²) in [7, 11) is 3.49. The van der Waals surface area contributed by atoms with Crippen molar-refractivity contribution in [2.75, 3.05) is 27.2 Å². The number of rotatable bonds is 3. The van der Waals surface area contributed by atoms with E-state index in [1.807, 2.05) is 7.05 Å². The maximum Gasteiger partial charge on any atom is 0.256 e. The zero-order chi connectivity index (χ0) is 15.5. The summed E-state index contributed by atoms with van der Waals surface area (Å²) in [5.41, 5.74) is -0.427. The number of halogens is 1. The summed E-state index contributed by atoms with van der Waals surface area (Å²) in [5.74, 6) is 0.0932. The maximum absolute atomic E-state index is 12.5. The largest absolute Gasteiger partial charge is 0.496 e. The lowest BCUT2D eigenvalue weighted by Crippen LogP contribution is -2.53. The first-order chi connectivity index (χ1) is 9.99. The molecule has 1 N–H and O–H groups in total. The summed E-state index contributed by atoms with van der Waals surface area (Å²) in [6, 6.07) is 7.09. The van der Waals surface area contributed by atoms with Crippen LogP contribution in [-0.4, -0.2) is 43.6 Å². The van der Waals surface area contributed by atoms with Crippen LogP contribution in [0, 0.1) is 11.3 Å². The molecule has 1 aromatic carbocycles. The Hall–Kier alpha value is -1.77. The van der Waals surface area contributed by atoms with Crippen molar-refractivity contribution in [1.29, 1.82) is 5.26 Å². The van der Waals surface area contributed by atoms with Crippen molar-refractivity contribution in [3.05, 3.63) is 28.8 Å². The summed E-state index contributed by atoms with van der Waals surface area (Å²) in [6.07, 6.45) is 1.23. The Morgan fingerprint density at radius 2 is 2.14 bits per heavy atom. The number of nitrogens with one attached hydrogen (secondary N) is 1. The third kappa shape index (κ3) is 3.46. The molecule has 0 unspecified atom stereocenters. The fraction of sp³-hybridized carbons (Fsp3) is 0.467. The van der Waals surface area contributed by atoms with Gasteiger partial charge in [-0.25, -0.2) is 0 Å². The average molecular weight is 308 g/mol. The van der Waals surface area contributed by atoms with Gasteiger partial charge in [-0.05, 0) is 38.1 Å². The number of benzene rings is 1. The molecule has 6 heteroatoms. The van der Waals surface area contributed by atoms with Gasteiger partial charge in [-0.3, -0.25) is 4.79 Å². The van der Waals surface area contributed by atoms with Gasteiger partial charge in [-0.1, -0.05) is 11.6 Å². The number of amides is 1. The van der Waals surface area contributed by atoms with Crippen molar-refractivity contribution in [3.8, 4) is 11.8 Å². The second-order valence-electron chi connectivity index (χ2n) is 5.30. The van der Waals surface area contributed by atoms with Gasteiger partial charge in [-0.15, -0.1) is 0 Å². The standard InChI is InChI=1S/C15H18ClN3O2/c1-19-7-5-15(10-17,6-8-19)18-14(20)12-4-3-11(16)9-13(12)21-2/h3-4,9H,5-8H2,1-2H3,(H,18,20). The summed E-state index contributed by atoms with van der Waals surface area (Å²) >= 11 is 5.89. The summed E-state index contributed by atoms with van der Waals surface area (Å²) in [5, 5.41) is 12.8. The first-order valence-electron chi connectivity index (χ1n) is 6.75. The van der Waals surface area contributed by atoms with Crippen LogP contribution >= 0.6 is 11.6 Å².